The van der Waals surface area contributed by atoms with Crippen molar-refractivity contribution < 1.29 is 0 Å². The van der Waals surface area contributed by atoms with E-state index < -0.39 is 0 Å². The maximum absolute atomic E-state index is 4.50. The largest absolute Gasteiger partial charge is 0.311 e. The van der Waals surface area contributed by atoms with E-state index in [1.54, 1.807) is 11.9 Å². The summed E-state index contributed by atoms with van der Waals surface area (Å²) in [5, 5.41) is 4.37. The molecule has 0 unspecified atom stereocenters. The Kier molecular flexibility index (Phi) is 3.08. The maximum Gasteiger partial charge on any atom is 0.0988 e. The second-order valence-electron chi connectivity index (χ2n) is 2.18. The molecule has 1 aliphatic rings. The van der Waals surface area contributed by atoms with Crippen LogP contribution in [-0.2, 0) is 0 Å². The fourth-order valence-corrected chi connectivity index (χ4v) is 1.55. The molecular formula is C6H9N3S2. The van der Waals surface area contributed by atoms with Gasteiger partial charge in [0.2, 0.25) is 0 Å². The lowest BCUT2D eigenvalue weighted by molar-refractivity contribution is 0.465. The predicted octanol–water partition coefficient (Wildman–Crippen LogP) is 1.42. The van der Waals surface area contributed by atoms with Gasteiger partial charge < -0.3 is 5.43 Å². The zero-order valence-electron chi connectivity index (χ0n) is 6.37. The van der Waals surface area contributed by atoms with Crippen LogP contribution in [0.5, 0.6) is 0 Å². The smallest absolute Gasteiger partial charge is 0.0988 e. The van der Waals surface area contributed by atoms with E-state index in [9.17, 15) is 0 Å². The Morgan fingerprint density at radius 2 is 2.64 bits per heavy atom. The SMILES string of the molecule is C[C@@H](N=C=S)C1=CSN(C)N1. The molecule has 1 aliphatic heterocycles. The highest BCUT2D eigenvalue weighted by Crippen LogP contribution is 2.19. The Bertz CT molecular complexity index is 220. The van der Waals surface area contributed by atoms with Gasteiger partial charge >= 0.3 is 0 Å². The number of hydrogen-bond acceptors (Lipinski definition) is 5. The molecule has 1 heterocycles. The topological polar surface area (TPSA) is 27.6 Å². The molecule has 0 amide bonds. The molecule has 3 nitrogen and oxygen atoms in total. The normalized spacial score (nSPS) is 20.0. The molecule has 0 saturated carbocycles. The van der Waals surface area contributed by atoms with Crippen LogP contribution in [0.1, 0.15) is 6.92 Å². The lowest BCUT2D eigenvalue weighted by atomic mass is 10.3. The van der Waals surface area contributed by atoms with Crippen LogP contribution in [0.25, 0.3) is 0 Å². The number of nitrogens with zero attached hydrogens (tertiary/aromatic N) is 2. The quantitative estimate of drug-likeness (QED) is 0.402. The molecule has 0 aromatic rings. The Morgan fingerprint density at radius 3 is 3.09 bits per heavy atom. The number of aliphatic imine (C=N–C) groups is 1. The summed E-state index contributed by atoms with van der Waals surface area (Å²) in [6.07, 6.45) is 0. The number of nitrogens with one attached hydrogen (secondary N) is 1. The van der Waals surface area contributed by atoms with Gasteiger partial charge in [-0.05, 0) is 31.1 Å². The van der Waals surface area contributed by atoms with Crippen molar-refractivity contribution in [2.24, 2.45) is 4.99 Å². The molecule has 0 saturated heterocycles. The van der Waals surface area contributed by atoms with Gasteiger partial charge in [-0.25, -0.2) is 4.99 Å². The highest BCUT2D eigenvalue weighted by molar-refractivity contribution is 8.00. The Morgan fingerprint density at radius 1 is 1.91 bits per heavy atom. The van der Waals surface area contributed by atoms with E-state index in [4.69, 9.17) is 0 Å². The second-order valence-corrected chi connectivity index (χ2v) is 3.36. The van der Waals surface area contributed by atoms with Crippen molar-refractivity contribution in [2.75, 3.05) is 7.05 Å². The summed E-state index contributed by atoms with van der Waals surface area (Å²) in [5.74, 6) is 0. The Labute approximate surface area is 75.7 Å². The Hall–Kier alpha value is -0.350. The molecule has 0 spiro atoms. The number of rotatable bonds is 2. The monoisotopic (exact) mass is 187 g/mol. The average molecular weight is 187 g/mol. The van der Waals surface area contributed by atoms with E-state index >= 15 is 0 Å². The third kappa shape index (κ3) is 2.31. The van der Waals surface area contributed by atoms with Crippen LogP contribution in [0.2, 0.25) is 0 Å². The van der Waals surface area contributed by atoms with Crippen LogP contribution in [0.4, 0.5) is 0 Å². The molecule has 0 bridgehead atoms. The van der Waals surface area contributed by atoms with Gasteiger partial charge in [0.25, 0.3) is 0 Å². The van der Waals surface area contributed by atoms with Gasteiger partial charge in [0.15, 0.2) is 0 Å². The third-order valence-electron chi connectivity index (χ3n) is 1.32. The minimum Gasteiger partial charge on any atom is -0.311 e. The fourth-order valence-electron chi connectivity index (χ4n) is 0.711. The van der Waals surface area contributed by atoms with Gasteiger partial charge in [0.1, 0.15) is 0 Å². The maximum atomic E-state index is 4.50. The molecule has 0 aromatic heterocycles. The molecule has 5 heteroatoms. The van der Waals surface area contributed by atoms with Crippen LogP contribution in [0.15, 0.2) is 16.1 Å². The van der Waals surface area contributed by atoms with Gasteiger partial charge in [0, 0.05) is 12.5 Å². The minimum absolute atomic E-state index is 0.0879. The third-order valence-corrected chi connectivity index (χ3v) is 2.19. The van der Waals surface area contributed by atoms with Crippen molar-refractivity contribution in [3.63, 3.8) is 0 Å². The van der Waals surface area contributed by atoms with Crippen LogP contribution in [0, 0.1) is 0 Å². The summed E-state index contributed by atoms with van der Waals surface area (Å²) in [7, 11) is 1.95. The number of hydrazine groups is 1. The first-order valence-electron chi connectivity index (χ1n) is 3.18. The van der Waals surface area contributed by atoms with Crippen molar-refractivity contribution in [3.05, 3.63) is 11.1 Å². The van der Waals surface area contributed by atoms with Gasteiger partial charge in [-0.1, -0.05) is 0 Å². The summed E-state index contributed by atoms with van der Waals surface area (Å²) in [5.41, 5.74) is 4.18. The number of thiocarbonyl (C=S) groups is 1. The molecular weight excluding hydrogens is 178 g/mol. The first kappa shape index (κ1) is 8.74. The summed E-state index contributed by atoms with van der Waals surface area (Å²) < 4.78 is 1.91. The molecule has 1 rings (SSSR count). The van der Waals surface area contributed by atoms with Crippen LogP contribution >= 0.6 is 24.2 Å². The number of isothiocyanates is 1. The van der Waals surface area contributed by atoms with E-state index in [2.05, 4.69) is 27.8 Å². The van der Waals surface area contributed by atoms with Crippen molar-refractivity contribution in [2.45, 2.75) is 13.0 Å². The van der Waals surface area contributed by atoms with Crippen LogP contribution in [0.3, 0.4) is 0 Å². The van der Waals surface area contributed by atoms with E-state index in [-0.39, 0.29) is 6.04 Å². The predicted molar refractivity (Wildman–Crippen MR) is 51.1 cm³/mol. The average Bonchev–Trinajstić information content (AvgIpc) is 2.36. The van der Waals surface area contributed by atoms with Gasteiger partial charge in [0.05, 0.1) is 16.9 Å². The van der Waals surface area contributed by atoms with Gasteiger partial charge in [-0.15, -0.1) is 0 Å². The fraction of sp³-hybridized carbons (Fsp3) is 0.500. The van der Waals surface area contributed by atoms with E-state index in [1.807, 2.05) is 23.8 Å². The molecule has 1 N–H and O–H groups in total. The van der Waals surface area contributed by atoms with Crippen molar-refractivity contribution in [1.82, 2.24) is 9.84 Å². The van der Waals surface area contributed by atoms with Crippen molar-refractivity contribution in [3.8, 4) is 0 Å². The molecule has 11 heavy (non-hydrogen) atoms. The van der Waals surface area contributed by atoms with Crippen molar-refractivity contribution >= 4 is 29.3 Å². The minimum atomic E-state index is 0.0879. The summed E-state index contributed by atoms with van der Waals surface area (Å²) in [6, 6.07) is 0.0879. The molecule has 0 radical (unpaired) electrons. The second kappa shape index (κ2) is 3.88. The van der Waals surface area contributed by atoms with Gasteiger partial charge in [-0.2, -0.15) is 4.41 Å². The summed E-state index contributed by atoms with van der Waals surface area (Å²) in [4.78, 5) is 3.94. The lowest BCUT2D eigenvalue weighted by Crippen LogP contribution is -2.26. The highest BCUT2D eigenvalue weighted by atomic mass is 32.2. The first-order chi connectivity index (χ1) is 5.24. The Balaban J connectivity index is 2.55. The summed E-state index contributed by atoms with van der Waals surface area (Å²) >= 11 is 6.10. The molecule has 0 aromatic carbocycles. The first-order valence-corrected chi connectivity index (χ1v) is 4.42. The highest BCUT2D eigenvalue weighted by Gasteiger charge is 2.14. The lowest BCUT2D eigenvalue weighted by Gasteiger charge is -2.11. The zero-order valence-corrected chi connectivity index (χ0v) is 8.00. The summed E-state index contributed by atoms with van der Waals surface area (Å²) in [6.45, 7) is 1.97. The standard InChI is InChI=1S/C6H9N3S2/c1-5(7-4-10)6-3-11-9(2)8-6/h3,5,8H,1-2H3/t5-/m1/s1. The molecule has 0 fully saturated rings. The van der Waals surface area contributed by atoms with Crippen LogP contribution < -0.4 is 5.43 Å². The number of hydrogen-bond donors (Lipinski definition) is 1. The van der Waals surface area contributed by atoms with E-state index in [0.29, 0.717) is 0 Å². The molecule has 1 atom stereocenters. The van der Waals surface area contributed by atoms with E-state index in [1.165, 1.54) is 0 Å². The van der Waals surface area contributed by atoms with Crippen LogP contribution in [-0.4, -0.2) is 22.7 Å². The molecule has 0 aliphatic carbocycles. The molecule has 60 valence electrons. The van der Waals surface area contributed by atoms with Gasteiger partial charge in [-0.3, -0.25) is 0 Å². The van der Waals surface area contributed by atoms with E-state index in [0.717, 1.165) is 5.70 Å². The van der Waals surface area contributed by atoms with Crippen molar-refractivity contribution in [1.29, 1.82) is 0 Å². The zero-order chi connectivity index (χ0) is 8.27.